The molecule has 3 aromatic rings. The lowest BCUT2D eigenvalue weighted by Crippen LogP contribution is -1.89. The Morgan fingerprint density at radius 1 is 1.06 bits per heavy atom. The molecule has 0 spiro atoms. The highest BCUT2D eigenvalue weighted by Gasteiger charge is 2.02. The van der Waals surface area contributed by atoms with Crippen molar-refractivity contribution in [2.24, 2.45) is 0 Å². The largest absolute Gasteiger partial charge is 0.352 e. The molecule has 0 saturated heterocycles. The number of pyridine rings is 2. The third-order valence-electron chi connectivity index (χ3n) is 2.39. The number of hydrogen-bond acceptors (Lipinski definition) is 3. The fourth-order valence-electron chi connectivity index (χ4n) is 1.62. The van der Waals surface area contributed by atoms with Crippen molar-refractivity contribution in [3.63, 3.8) is 0 Å². The van der Waals surface area contributed by atoms with E-state index in [-0.39, 0.29) is 0 Å². The highest BCUT2D eigenvalue weighted by molar-refractivity contribution is 5.76. The van der Waals surface area contributed by atoms with Gasteiger partial charge in [0, 0.05) is 24.3 Å². The van der Waals surface area contributed by atoms with E-state index in [2.05, 4.69) is 15.4 Å². The zero-order chi connectivity index (χ0) is 10.8. The van der Waals surface area contributed by atoms with E-state index in [0.717, 1.165) is 16.9 Å². The van der Waals surface area contributed by atoms with Crippen LogP contribution in [-0.4, -0.2) is 14.6 Å². The van der Waals surface area contributed by atoms with Crippen LogP contribution in [0.5, 0.6) is 0 Å². The predicted molar refractivity (Wildman–Crippen MR) is 62.7 cm³/mol. The van der Waals surface area contributed by atoms with Crippen molar-refractivity contribution in [2.75, 3.05) is 5.32 Å². The summed E-state index contributed by atoms with van der Waals surface area (Å²) in [4.78, 5) is 3.98. The topological polar surface area (TPSA) is 42.2 Å². The Labute approximate surface area is 92.6 Å². The van der Waals surface area contributed by atoms with Gasteiger partial charge in [0.15, 0.2) is 0 Å². The van der Waals surface area contributed by atoms with E-state index in [4.69, 9.17) is 0 Å². The number of nitrogens with one attached hydrogen (secondary N) is 1. The molecule has 0 aromatic carbocycles. The van der Waals surface area contributed by atoms with Gasteiger partial charge in [0.2, 0.25) is 0 Å². The minimum absolute atomic E-state index is 0.992. The van der Waals surface area contributed by atoms with Gasteiger partial charge in [-0.3, -0.25) is 4.98 Å². The summed E-state index contributed by atoms with van der Waals surface area (Å²) >= 11 is 0. The Morgan fingerprint density at radius 3 is 2.81 bits per heavy atom. The van der Waals surface area contributed by atoms with Crippen molar-refractivity contribution >= 4 is 16.9 Å². The van der Waals surface area contributed by atoms with E-state index >= 15 is 0 Å². The molecule has 0 aliphatic rings. The van der Waals surface area contributed by atoms with Crippen LogP contribution in [0.25, 0.3) is 5.52 Å². The quantitative estimate of drug-likeness (QED) is 0.706. The molecule has 0 radical (unpaired) electrons. The lowest BCUT2D eigenvalue weighted by molar-refractivity contribution is 0.961. The van der Waals surface area contributed by atoms with Gasteiger partial charge in [-0.2, -0.15) is 5.10 Å². The van der Waals surface area contributed by atoms with Crippen LogP contribution in [0.1, 0.15) is 0 Å². The van der Waals surface area contributed by atoms with Crippen LogP contribution in [0.15, 0.2) is 55.1 Å². The van der Waals surface area contributed by atoms with Crippen molar-refractivity contribution < 1.29 is 0 Å². The summed E-state index contributed by atoms with van der Waals surface area (Å²) in [7, 11) is 0. The maximum Gasteiger partial charge on any atom is 0.0896 e. The Kier molecular flexibility index (Phi) is 2.04. The van der Waals surface area contributed by atoms with Crippen LogP contribution in [0.2, 0.25) is 0 Å². The first-order valence-corrected chi connectivity index (χ1v) is 5.03. The molecule has 4 heteroatoms. The summed E-state index contributed by atoms with van der Waals surface area (Å²) in [6.45, 7) is 0. The molecular weight excluding hydrogens is 200 g/mol. The zero-order valence-corrected chi connectivity index (χ0v) is 8.54. The second-order valence-corrected chi connectivity index (χ2v) is 3.45. The molecular formula is C12H10N4. The van der Waals surface area contributed by atoms with Crippen molar-refractivity contribution in [1.82, 2.24) is 14.6 Å². The smallest absolute Gasteiger partial charge is 0.0896 e. The molecule has 0 amide bonds. The minimum atomic E-state index is 0.992. The first-order chi connectivity index (χ1) is 7.93. The predicted octanol–water partition coefficient (Wildman–Crippen LogP) is 2.47. The molecule has 1 N–H and O–H groups in total. The number of anilines is 2. The maximum absolute atomic E-state index is 4.25. The van der Waals surface area contributed by atoms with Gasteiger partial charge in [-0.05, 0) is 24.3 Å². The van der Waals surface area contributed by atoms with E-state index < -0.39 is 0 Å². The first-order valence-electron chi connectivity index (χ1n) is 5.03. The van der Waals surface area contributed by atoms with E-state index in [1.807, 2.05) is 47.2 Å². The molecule has 0 aliphatic heterocycles. The fraction of sp³-hybridized carbons (Fsp3) is 0. The second kappa shape index (κ2) is 3.66. The van der Waals surface area contributed by atoms with Crippen LogP contribution in [0.4, 0.5) is 11.4 Å². The summed E-state index contributed by atoms with van der Waals surface area (Å²) in [5.74, 6) is 0. The normalized spacial score (nSPS) is 10.5. The Bertz CT molecular complexity index is 600. The van der Waals surface area contributed by atoms with Gasteiger partial charge < -0.3 is 5.32 Å². The molecule has 0 atom stereocenters. The van der Waals surface area contributed by atoms with Gasteiger partial charge >= 0.3 is 0 Å². The standard InChI is InChI=1S/C12H10N4/c1-2-8-16-12(3-1)11(9-14-16)15-10-4-6-13-7-5-10/h1-9H,(H,13,15). The van der Waals surface area contributed by atoms with Gasteiger partial charge in [-0.25, -0.2) is 4.52 Å². The number of aromatic nitrogens is 3. The molecule has 0 aliphatic carbocycles. The SMILES string of the molecule is c1ccn2ncc(Nc3ccncc3)c2c1. The van der Waals surface area contributed by atoms with Crippen molar-refractivity contribution in [3.8, 4) is 0 Å². The van der Waals surface area contributed by atoms with Gasteiger partial charge in [0.25, 0.3) is 0 Å². The molecule has 16 heavy (non-hydrogen) atoms. The lowest BCUT2D eigenvalue weighted by atomic mass is 10.3. The molecule has 0 fully saturated rings. The van der Waals surface area contributed by atoms with Crippen molar-refractivity contribution in [2.45, 2.75) is 0 Å². The molecule has 0 unspecified atom stereocenters. The molecule has 4 nitrogen and oxygen atoms in total. The summed E-state index contributed by atoms with van der Waals surface area (Å²) in [5, 5.41) is 7.56. The van der Waals surface area contributed by atoms with Crippen molar-refractivity contribution in [3.05, 3.63) is 55.1 Å². The molecule has 3 aromatic heterocycles. The summed E-state index contributed by atoms with van der Waals surface area (Å²) < 4.78 is 1.84. The molecule has 0 saturated carbocycles. The molecule has 0 bridgehead atoms. The van der Waals surface area contributed by atoms with Gasteiger partial charge in [-0.15, -0.1) is 0 Å². The maximum atomic E-state index is 4.25. The molecule has 3 rings (SSSR count). The molecule has 3 heterocycles. The third kappa shape index (κ3) is 1.50. The van der Waals surface area contributed by atoms with Crippen LogP contribution in [0, 0.1) is 0 Å². The lowest BCUT2D eigenvalue weighted by Gasteiger charge is -2.03. The van der Waals surface area contributed by atoms with Crippen LogP contribution < -0.4 is 5.32 Å². The van der Waals surface area contributed by atoms with Crippen molar-refractivity contribution in [1.29, 1.82) is 0 Å². The van der Waals surface area contributed by atoms with Gasteiger partial charge in [0.1, 0.15) is 0 Å². The fourth-order valence-corrected chi connectivity index (χ4v) is 1.62. The van der Waals surface area contributed by atoms with E-state index in [0.29, 0.717) is 0 Å². The monoisotopic (exact) mass is 210 g/mol. The minimum Gasteiger partial charge on any atom is -0.352 e. The summed E-state index contributed by atoms with van der Waals surface area (Å²) in [6.07, 6.45) is 7.25. The third-order valence-corrected chi connectivity index (χ3v) is 2.39. The number of hydrogen-bond donors (Lipinski definition) is 1. The Morgan fingerprint density at radius 2 is 1.94 bits per heavy atom. The number of fused-ring (bicyclic) bond motifs is 1. The zero-order valence-electron chi connectivity index (χ0n) is 8.54. The number of nitrogens with zero attached hydrogens (tertiary/aromatic N) is 3. The average Bonchev–Trinajstić information content (AvgIpc) is 2.74. The van der Waals surface area contributed by atoms with Crippen LogP contribution >= 0.6 is 0 Å². The van der Waals surface area contributed by atoms with E-state index in [9.17, 15) is 0 Å². The number of rotatable bonds is 2. The van der Waals surface area contributed by atoms with Crippen LogP contribution in [0.3, 0.4) is 0 Å². The van der Waals surface area contributed by atoms with Gasteiger partial charge in [-0.1, -0.05) is 6.07 Å². The Balaban J connectivity index is 2.01. The highest BCUT2D eigenvalue weighted by atomic mass is 15.2. The highest BCUT2D eigenvalue weighted by Crippen LogP contribution is 2.20. The second-order valence-electron chi connectivity index (χ2n) is 3.45. The van der Waals surface area contributed by atoms with E-state index in [1.54, 1.807) is 12.4 Å². The van der Waals surface area contributed by atoms with Gasteiger partial charge in [0.05, 0.1) is 17.4 Å². The van der Waals surface area contributed by atoms with Crippen LogP contribution in [-0.2, 0) is 0 Å². The first kappa shape index (κ1) is 8.91. The molecule has 78 valence electrons. The van der Waals surface area contributed by atoms with E-state index in [1.165, 1.54) is 0 Å². The Hall–Kier alpha value is -2.36. The summed E-state index contributed by atoms with van der Waals surface area (Å²) in [6, 6.07) is 9.82. The average molecular weight is 210 g/mol. The summed E-state index contributed by atoms with van der Waals surface area (Å²) in [5.41, 5.74) is 3.06.